The molecule has 21 heavy (non-hydrogen) atoms. The van der Waals surface area contributed by atoms with Crippen molar-refractivity contribution in [3.05, 3.63) is 64.2 Å². The Balaban J connectivity index is 2.12. The fourth-order valence-electron chi connectivity index (χ4n) is 2.36. The van der Waals surface area contributed by atoms with Crippen molar-refractivity contribution in [1.29, 1.82) is 0 Å². The predicted octanol–water partition coefficient (Wildman–Crippen LogP) is 4.26. The van der Waals surface area contributed by atoms with Gasteiger partial charge in [-0.15, -0.1) is 0 Å². The van der Waals surface area contributed by atoms with Crippen molar-refractivity contribution in [3.8, 4) is 5.75 Å². The molecule has 0 amide bonds. The van der Waals surface area contributed by atoms with Crippen LogP contribution in [0.2, 0.25) is 0 Å². The van der Waals surface area contributed by atoms with E-state index in [0.717, 1.165) is 5.75 Å². The Kier molecular flexibility index (Phi) is 5.03. The average Bonchev–Trinajstić information content (AvgIpc) is 2.46. The molecule has 2 aromatic carbocycles. The summed E-state index contributed by atoms with van der Waals surface area (Å²) in [5.41, 5.74) is 6.31. The third kappa shape index (κ3) is 3.85. The molecular weight excluding hydrogens is 258 g/mol. The smallest absolute Gasteiger partial charge is 0.122 e. The monoisotopic (exact) mass is 283 g/mol. The number of benzene rings is 2. The zero-order valence-electron chi connectivity index (χ0n) is 13.7. The summed E-state index contributed by atoms with van der Waals surface area (Å²) in [5, 5.41) is 3.34. The molecule has 1 unspecified atom stereocenters. The summed E-state index contributed by atoms with van der Waals surface area (Å²) >= 11 is 0. The second-order valence-corrected chi connectivity index (χ2v) is 5.76. The van der Waals surface area contributed by atoms with Gasteiger partial charge in [0, 0.05) is 0 Å². The molecule has 2 nitrogen and oxygen atoms in total. The average molecular weight is 283 g/mol. The Morgan fingerprint density at radius 1 is 0.905 bits per heavy atom. The van der Waals surface area contributed by atoms with Gasteiger partial charge in [0.25, 0.3) is 0 Å². The largest absolute Gasteiger partial charge is 0.491 e. The van der Waals surface area contributed by atoms with Crippen molar-refractivity contribution in [2.45, 2.75) is 33.7 Å². The van der Waals surface area contributed by atoms with Gasteiger partial charge in [0.2, 0.25) is 0 Å². The Morgan fingerprint density at radius 3 is 2.29 bits per heavy atom. The van der Waals surface area contributed by atoms with Crippen LogP contribution < -0.4 is 10.1 Å². The third-order valence-corrected chi connectivity index (χ3v) is 4.03. The summed E-state index contributed by atoms with van der Waals surface area (Å²) in [7, 11) is 1.98. The second kappa shape index (κ2) is 6.77. The topological polar surface area (TPSA) is 21.3 Å². The van der Waals surface area contributed by atoms with Crippen LogP contribution in [-0.4, -0.2) is 13.7 Å². The second-order valence-electron chi connectivity index (χ2n) is 5.76. The summed E-state index contributed by atoms with van der Waals surface area (Å²) in [6.07, 6.45) is 0. The first-order valence-corrected chi connectivity index (χ1v) is 7.45. The number of hydrogen-bond donors (Lipinski definition) is 1. The minimum absolute atomic E-state index is 0.198. The Bertz CT molecular complexity index is 619. The number of aryl methyl sites for hydroxylation is 4. The molecule has 0 aromatic heterocycles. The van der Waals surface area contributed by atoms with Gasteiger partial charge in [-0.05, 0) is 68.6 Å². The van der Waals surface area contributed by atoms with E-state index in [2.05, 4.69) is 69.4 Å². The Morgan fingerprint density at radius 2 is 1.62 bits per heavy atom. The first kappa shape index (κ1) is 15.6. The SMILES string of the molecule is CNC(COc1cc(C)ccc1C)c1ccc(C)c(C)c1. The minimum atomic E-state index is 0.198. The van der Waals surface area contributed by atoms with Crippen LogP contribution in [0.3, 0.4) is 0 Å². The molecule has 0 saturated carbocycles. The quantitative estimate of drug-likeness (QED) is 0.885. The van der Waals surface area contributed by atoms with Crippen LogP contribution in [0.1, 0.15) is 33.9 Å². The number of ether oxygens (including phenoxy) is 1. The van der Waals surface area contributed by atoms with Crippen LogP contribution in [0.5, 0.6) is 5.75 Å². The maximum atomic E-state index is 6.03. The maximum Gasteiger partial charge on any atom is 0.122 e. The summed E-state index contributed by atoms with van der Waals surface area (Å²) in [5.74, 6) is 0.971. The molecule has 2 rings (SSSR count). The van der Waals surface area contributed by atoms with Crippen LogP contribution in [0.15, 0.2) is 36.4 Å². The Labute approximate surface area is 128 Å². The van der Waals surface area contributed by atoms with Gasteiger partial charge in [0.05, 0.1) is 6.04 Å². The molecule has 0 radical (unpaired) electrons. The van der Waals surface area contributed by atoms with E-state index in [1.54, 1.807) is 0 Å². The lowest BCUT2D eigenvalue weighted by molar-refractivity contribution is 0.271. The van der Waals surface area contributed by atoms with Gasteiger partial charge in [-0.25, -0.2) is 0 Å². The summed E-state index contributed by atoms with van der Waals surface area (Å²) < 4.78 is 6.03. The Hall–Kier alpha value is -1.80. The predicted molar refractivity (Wildman–Crippen MR) is 89.1 cm³/mol. The lowest BCUT2D eigenvalue weighted by Gasteiger charge is -2.19. The van der Waals surface area contributed by atoms with E-state index in [1.807, 2.05) is 7.05 Å². The summed E-state index contributed by atoms with van der Waals surface area (Å²) in [6, 6.07) is 13.1. The first-order chi connectivity index (χ1) is 10.0. The highest BCUT2D eigenvalue weighted by molar-refractivity contribution is 5.36. The number of likely N-dealkylation sites (N-methyl/N-ethyl adjacent to an activating group) is 1. The highest BCUT2D eigenvalue weighted by Crippen LogP contribution is 2.22. The number of nitrogens with one attached hydrogen (secondary N) is 1. The van der Waals surface area contributed by atoms with E-state index in [-0.39, 0.29) is 6.04 Å². The zero-order chi connectivity index (χ0) is 15.4. The van der Waals surface area contributed by atoms with E-state index >= 15 is 0 Å². The van der Waals surface area contributed by atoms with Crippen molar-refractivity contribution in [2.24, 2.45) is 0 Å². The summed E-state index contributed by atoms with van der Waals surface area (Å²) in [4.78, 5) is 0. The van der Waals surface area contributed by atoms with E-state index in [1.165, 1.54) is 27.8 Å². The van der Waals surface area contributed by atoms with E-state index in [4.69, 9.17) is 4.74 Å². The van der Waals surface area contributed by atoms with Gasteiger partial charge in [-0.1, -0.05) is 30.3 Å². The molecule has 1 N–H and O–H groups in total. The van der Waals surface area contributed by atoms with E-state index < -0.39 is 0 Å². The normalized spacial score (nSPS) is 12.2. The molecule has 0 aliphatic heterocycles. The number of hydrogen-bond acceptors (Lipinski definition) is 2. The van der Waals surface area contributed by atoms with Gasteiger partial charge >= 0.3 is 0 Å². The van der Waals surface area contributed by atoms with Crippen LogP contribution in [-0.2, 0) is 0 Å². The molecule has 0 saturated heterocycles. The minimum Gasteiger partial charge on any atom is -0.491 e. The molecule has 0 aliphatic carbocycles. The highest BCUT2D eigenvalue weighted by Gasteiger charge is 2.11. The molecule has 0 aliphatic rings. The molecular formula is C19H25NO. The first-order valence-electron chi connectivity index (χ1n) is 7.45. The van der Waals surface area contributed by atoms with Crippen molar-refractivity contribution in [1.82, 2.24) is 5.32 Å². The molecule has 1 atom stereocenters. The molecule has 0 heterocycles. The lowest BCUT2D eigenvalue weighted by atomic mass is 10.0. The maximum absolute atomic E-state index is 6.03. The van der Waals surface area contributed by atoms with Crippen LogP contribution >= 0.6 is 0 Å². The summed E-state index contributed by atoms with van der Waals surface area (Å²) in [6.45, 7) is 9.09. The fraction of sp³-hybridized carbons (Fsp3) is 0.368. The fourth-order valence-corrected chi connectivity index (χ4v) is 2.36. The van der Waals surface area contributed by atoms with Gasteiger partial charge in [-0.3, -0.25) is 0 Å². The van der Waals surface area contributed by atoms with Gasteiger partial charge in [0.15, 0.2) is 0 Å². The third-order valence-electron chi connectivity index (χ3n) is 4.03. The van der Waals surface area contributed by atoms with Crippen LogP contribution in [0, 0.1) is 27.7 Å². The van der Waals surface area contributed by atoms with Gasteiger partial charge < -0.3 is 10.1 Å². The molecule has 112 valence electrons. The zero-order valence-corrected chi connectivity index (χ0v) is 13.7. The highest BCUT2D eigenvalue weighted by atomic mass is 16.5. The molecule has 2 heteroatoms. The van der Waals surface area contributed by atoms with Crippen molar-refractivity contribution in [2.75, 3.05) is 13.7 Å². The van der Waals surface area contributed by atoms with Gasteiger partial charge in [-0.2, -0.15) is 0 Å². The van der Waals surface area contributed by atoms with Gasteiger partial charge in [0.1, 0.15) is 12.4 Å². The number of rotatable bonds is 5. The lowest BCUT2D eigenvalue weighted by Crippen LogP contribution is -2.23. The van der Waals surface area contributed by atoms with Crippen LogP contribution in [0.4, 0.5) is 0 Å². The van der Waals surface area contributed by atoms with Crippen LogP contribution in [0.25, 0.3) is 0 Å². The van der Waals surface area contributed by atoms with E-state index in [0.29, 0.717) is 6.61 Å². The molecule has 0 bridgehead atoms. The van der Waals surface area contributed by atoms with E-state index in [9.17, 15) is 0 Å². The van der Waals surface area contributed by atoms with Crippen molar-refractivity contribution >= 4 is 0 Å². The molecule has 0 fully saturated rings. The van der Waals surface area contributed by atoms with Crippen molar-refractivity contribution < 1.29 is 4.74 Å². The molecule has 0 spiro atoms. The van der Waals surface area contributed by atoms with Crippen molar-refractivity contribution in [3.63, 3.8) is 0 Å². The molecule has 2 aromatic rings. The standard InChI is InChI=1S/C19H25NO/c1-13-6-7-15(3)19(10-13)21-12-18(20-5)17-9-8-14(2)16(4)11-17/h6-11,18,20H,12H2,1-5H3.